The van der Waals surface area contributed by atoms with Crippen molar-refractivity contribution in [3.63, 3.8) is 0 Å². The first-order valence-corrected chi connectivity index (χ1v) is 32.1. The highest BCUT2D eigenvalue weighted by Crippen LogP contribution is 2.40. The molecule has 3 saturated carbocycles. The van der Waals surface area contributed by atoms with Gasteiger partial charge in [0.25, 0.3) is 37.5 Å². The first-order chi connectivity index (χ1) is 49.5. The predicted octanol–water partition coefficient (Wildman–Crippen LogP) is 13.4. The summed E-state index contributed by atoms with van der Waals surface area (Å²) >= 11 is 5.50. The molecule has 2 N–H and O–H groups in total. The van der Waals surface area contributed by atoms with E-state index in [4.69, 9.17) is 11.6 Å². The molecule has 11 heterocycles. The second kappa shape index (κ2) is 31.9. The maximum absolute atomic E-state index is 13.6. The molecule has 0 saturated heterocycles. The van der Waals surface area contributed by atoms with Crippen molar-refractivity contribution in [3.05, 3.63) is 184 Å². The molecule has 11 aromatic heterocycles. The summed E-state index contributed by atoms with van der Waals surface area (Å²) in [4.78, 5) is 72.2. The van der Waals surface area contributed by atoms with Crippen molar-refractivity contribution >= 4 is 47.0 Å². The van der Waals surface area contributed by atoms with Gasteiger partial charge in [0.05, 0.1) is 61.5 Å². The number of nitrogens with zero attached hydrogens (tertiary/aromatic N) is 20. The number of anilines is 2. The zero-order valence-electron chi connectivity index (χ0n) is 55.3. The number of halogens is 9. The van der Waals surface area contributed by atoms with Gasteiger partial charge in [0.15, 0.2) is 23.3 Å². The minimum atomic E-state index is -2.74. The van der Waals surface area contributed by atoms with Gasteiger partial charge in [0, 0.05) is 88.6 Å². The highest BCUT2D eigenvalue weighted by atomic mass is 35.5. The van der Waals surface area contributed by atoms with E-state index in [1.165, 1.54) is 60.4 Å². The molecule has 14 rings (SSSR count). The Balaban J connectivity index is 0.000000145. The van der Waals surface area contributed by atoms with Crippen molar-refractivity contribution in [1.82, 2.24) is 99.7 Å². The van der Waals surface area contributed by atoms with Crippen molar-refractivity contribution in [2.45, 2.75) is 122 Å². The van der Waals surface area contributed by atoms with E-state index in [2.05, 4.69) is 96.4 Å². The Kier molecular flexibility index (Phi) is 22.4. The maximum atomic E-state index is 13.6. The van der Waals surface area contributed by atoms with E-state index in [1.54, 1.807) is 69.0 Å². The Morgan fingerprint density at radius 3 is 1.12 bits per heavy atom. The highest BCUT2D eigenvalue weighted by molar-refractivity contribution is 6.31. The van der Waals surface area contributed by atoms with Gasteiger partial charge in [-0.15, -0.1) is 10.2 Å². The van der Waals surface area contributed by atoms with E-state index < -0.39 is 55.0 Å². The average Bonchev–Trinajstić information content (AvgIpc) is 1.75. The maximum Gasteiger partial charge on any atom is 0.356 e. The van der Waals surface area contributed by atoms with Crippen molar-refractivity contribution < 1.29 is 63.8 Å². The number of nitrogens with one attached hydrogen (secondary N) is 2. The van der Waals surface area contributed by atoms with Gasteiger partial charge in [0.1, 0.15) is 34.4 Å². The molecular weight excluding hydrogens is 1380 g/mol. The predicted molar refractivity (Wildman–Crippen MR) is 351 cm³/mol. The van der Waals surface area contributed by atoms with E-state index in [9.17, 15) is 54.3 Å². The van der Waals surface area contributed by atoms with Gasteiger partial charge in [-0.25, -0.2) is 64.6 Å². The molecular formula is C66H61ClF8N22O6. The van der Waals surface area contributed by atoms with Crippen LogP contribution < -0.4 is 10.6 Å². The summed E-state index contributed by atoms with van der Waals surface area (Å²) in [6, 6.07) is 16.1. The zero-order valence-corrected chi connectivity index (χ0v) is 56.0. The molecule has 0 atom stereocenters. The van der Waals surface area contributed by atoms with Crippen LogP contribution in [-0.2, 0) is 9.47 Å². The van der Waals surface area contributed by atoms with Gasteiger partial charge >= 0.3 is 11.9 Å². The molecule has 534 valence electrons. The molecule has 0 bridgehead atoms. The number of carbonyl (C=O) groups is 4. The third kappa shape index (κ3) is 17.5. The summed E-state index contributed by atoms with van der Waals surface area (Å²) < 4.78 is 122. The number of alkyl halides is 8. The van der Waals surface area contributed by atoms with Gasteiger partial charge in [-0.2, -0.15) is 24.7 Å². The Morgan fingerprint density at radius 2 is 0.796 bits per heavy atom. The Labute approximate surface area is 584 Å². The first-order valence-electron chi connectivity index (χ1n) is 31.7. The summed E-state index contributed by atoms with van der Waals surface area (Å²) in [5, 5.41) is 41.2. The number of amides is 2. The number of methoxy groups -OCH3 is 2. The Morgan fingerprint density at radius 1 is 0.466 bits per heavy atom. The normalized spacial score (nSPS) is 13.3. The molecule has 2 amide bonds. The average molecular weight is 1450 g/mol. The quantitative estimate of drug-likeness (QED) is 0.0529. The topological polar surface area (TPSA) is 329 Å². The fourth-order valence-corrected chi connectivity index (χ4v) is 10.3. The molecule has 11 aromatic rings. The molecule has 3 fully saturated rings. The van der Waals surface area contributed by atoms with Crippen molar-refractivity contribution in [3.8, 4) is 45.0 Å². The lowest BCUT2D eigenvalue weighted by Crippen LogP contribution is -2.16. The number of rotatable bonds is 20. The van der Waals surface area contributed by atoms with Gasteiger partial charge in [-0.3, -0.25) is 33.6 Å². The van der Waals surface area contributed by atoms with E-state index in [0.717, 1.165) is 69.4 Å². The van der Waals surface area contributed by atoms with Crippen molar-refractivity contribution in [2.24, 2.45) is 0 Å². The lowest BCUT2D eigenvalue weighted by atomic mass is 10.0. The van der Waals surface area contributed by atoms with E-state index >= 15 is 0 Å². The summed E-state index contributed by atoms with van der Waals surface area (Å²) in [6.45, 7) is 7.81. The Bertz CT molecular complexity index is 4650. The molecule has 103 heavy (non-hydrogen) atoms. The fourth-order valence-electron chi connectivity index (χ4n) is 10.0. The molecule has 3 aliphatic rings. The van der Waals surface area contributed by atoms with Gasteiger partial charge < -0.3 is 20.1 Å². The molecule has 0 aliphatic heterocycles. The van der Waals surface area contributed by atoms with Crippen molar-refractivity contribution in [2.75, 3.05) is 24.9 Å². The number of tetrazole rings is 2. The summed E-state index contributed by atoms with van der Waals surface area (Å²) in [7, 11) is 2.38. The largest absolute Gasteiger partial charge is 0.464 e. The van der Waals surface area contributed by atoms with E-state index in [0.29, 0.717) is 58.1 Å². The second-order valence-corrected chi connectivity index (χ2v) is 24.4. The van der Waals surface area contributed by atoms with Crippen LogP contribution in [0.2, 0.25) is 5.02 Å². The second-order valence-electron chi connectivity index (χ2n) is 23.9. The molecule has 28 nitrogen and oxygen atoms in total. The lowest BCUT2D eigenvalue weighted by Gasteiger charge is -2.11. The number of hydrogen-bond donors (Lipinski definition) is 2. The van der Waals surface area contributed by atoms with Gasteiger partial charge in [-0.1, -0.05) is 51.4 Å². The summed E-state index contributed by atoms with van der Waals surface area (Å²) in [6.07, 6.45) is 9.00. The van der Waals surface area contributed by atoms with Crippen LogP contribution in [0, 0.1) is 0 Å². The standard InChI is InChI=1S/2C22H21F2N9O.C14H13F2N3O2.C8H6ClF2NO2/c2*1-12(2)21-29-30-31-33(21)19-5-3-4-18(27-19)28-22(34)17-8-15(16(10-25-17)20(23)24)13-9-26-32(11-13)14-6-7-14;1-21-14(20)12-4-10(11(6-17-12)13(15)16)8-5-18-19(7-8)9-2-3-9;1-14-8(13)6-2-5(9)4(3-12-6)7(10)11/h2*3-5,8-12,14,20H,6-7H2,1-2H3,(H,27,28,34);4-7,9,13H,2-3H2,1H3;2-3,7H,1H3. The first kappa shape index (κ1) is 72.5. The molecule has 37 heteroatoms. The smallest absolute Gasteiger partial charge is 0.356 e. The molecule has 0 spiro atoms. The Hall–Kier alpha value is -11.7. The molecule has 0 radical (unpaired) electrons. The van der Waals surface area contributed by atoms with Gasteiger partial charge in [-0.05, 0) is 125 Å². The number of hydrogen-bond acceptors (Lipinski definition) is 21. The van der Waals surface area contributed by atoms with Gasteiger partial charge in [0.2, 0.25) is 0 Å². The minimum absolute atomic E-state index is 0.00364. The fraction of sp³-hybridized carbons (Fsp3) is 0.318. The molecule has 0 unspecified atom stereocenters. The van der Waals surface area contributed by atoms with E-state index in [-0.39, 0.29) is 84.7 Å². The van der Waals surface area contributed by atoms with Crippen LogP contribution in [0.3, 0.4) is 0 Å². The number of pyridine rings is 6. The molecule has 3 aliphatic carbocycles. The third-order valence-corrected chi connectivity index (χ3v) is 16.1. The van der Waals surface area contributed by atoms with Crippen LogP contribution in [0.25, 0.3) is 45.0 Å². The third-order valence-electron chi connectivity index (χ3n) is 15.8. The highest BCUT2D eigenvalue weighted by Gasteiger charge is 2.30. The van der Waals surface area contributed by atoms with Crippen LogP contribution in [0.15, 0.2) is 123 Å². The zero-order chi connectivity index (χ0) is 73.3. The van der Waals surface area contributed by atoms with Crippen LogP contribution in [-0.4, -0.2) is 138 Å². The van der Waals surface area contributed by atoms with Crippen molar-refractivity contribution in [1.29, 1.82) is 0 Å². The monoisotopic (exact) mass is 1440 g/mol. The number of aromatic nitrogens is 20. The van der Waals surface area contributed by atoms with Crippen LogP contribution >= 0.6 is 11.6 Å². The number of esters is 2. The van der Waals surface area contributed by atoms with Crippen LogP contribution in [0.4, 0.5) is 46.8 Å². The lowest BCUT2D eigenvalue weighted by molar-refractivity contribution is 0.0585. The number of carbonyl (C=O) groups excluding carboxylic acids is 4. The van der Waals surface area contributed by atoms with Crippen LogP contribution in [0.5, 0.6) is 0 Å². The van der Waals surface area contributed by atoms with E-state index in [1.807, 2.05) is 27.7 Å². The minimum Gasteiger partial charge on any atom is -0.464 e. The number of ether oxygens (including phenoxy) is 2. The summed E-state index contributed by atoms with van der Waals surface area (Å²) in [5.41, 5.74) is 0.994. The molecule has 0 aromatic carbocycles. The SMILES string of the molecule is CC(C)c1nnnn1-c1cccc(NC(=O)c2cc(-c3cnn(C4CC4)c3)c(C(F)F)cn2)n1.CC(C)c1nnnn1-c1cccc(NC(=O)c2cc(-c3cnn(C4CC4)c3)c(C(F)F)cn2)n1.COC(=O)c1cc(-c2cnn(C3CC3)c2)c(C(F)F)cn1.COC(=O)c1cc(Cl)c(C(F)F)cn1. The summed E-state index contributed by atoms with van der Waals surface area (Å²) in [5.74, 6) is 0.190. The van der Waals surface area contributed by atoms with Crippen LogP contribution in [0.1, 0.15) is 198 Å².